The van der Waals surface area contributed by atoms with E-state index in [9.17, 15) is 13.2 Å². The number of nitrogen functional groups attached to an aromatic ring is 1. The third kappa shape index (κ3) is 4.35. The van der Waals surface area contributed by atoms with Crippen LogP contribution in [0.5, 0.6) is 0 Å². The molecule has 0 amide bonds. The zero-order chi connectivity index (χ0) is 19.6. The Morgan fingerprint density at radius 1 is 0.926 bits per heavy atom. The average molecular weight is 414 g/mol. The molecule has 0 saturated carbocycles. The normalized spacial score (nSPS) is 11.3. The zero-order valence-electron chi connectivity index (χ0n) is 13.5. The number of aromatic nitrogens is 2. The molecule has 0 aliphatic carbocycles. The standard InChI is InChI=1S/C17H12Cl2F3N5/c18-11-5-2-6-12(13(11)19)27-16-14(23)15(24-8-25-16)26-10-4-1-3-9(7-10)17(20,21)22/h1-8H,23H2,(H2,24,25,26,27). The summed E-state index contributed by atoms with van der Waals surface area (Å²) >= 11 is 12.1. The summed E-state index contributed by atoms with van der Waals surface area (Å²) in [7, 11) is 0. The van der Waals surface area contributed by atoms with Gasteiger partial charge in [-0.3, -0.25) is 0 Å². The van der Waals surface area contributed by atoms with Gasteiger partial charge in [0.1, 0.15) is 12.0 Å². The largest absolute Gasteiger partial charge is 0.416 e. The molecule has 10 heteroatoms. The molecule has 0 bridgehead atoms. The van der Waals surface area contributed by atoms with E-state index < -0.39 is 11.7 Å². The van der Waals surface area contributed by atoms with Crippen molar-refractivity contribution in [2.75, 3.05) is 16.4 Å². The van der Waals surface area contributed by atoms with Crippen LogP contribution in [0.3, 0.4) is 0 Å². The number of nitrogens with one attached hydrogen (secondary N) is 2. The van der Waals surface area contributed by atoms with Crippen LogP contribution in [0.1, 0.15) is 5.56 Å². The van der Waals surface area contributed by atoms with Gasteiger partial charge in [0.25, 0.3) is 0 Å². The molecule has 0 aliphatic heterocycles. The maximum absolute atomic E-state index is 12.9. The van der Waals surface area contributed by atoms with Crippen LogP contribution < -0.4 is 16.4 Å². The van der Waals surface area contributed by atoms with E-state index in [1.807, 2.05) is 0 Å². The second kappa shape index (κ2) is 7.50. The first-order chi connectivity index (χ1) is 12.8. The van der Waals surface area contributed by atoms with Crippen molar-refractivity contribution in [2.24, 2.45) is 0 Å². The first kappa shape index (κ1) is 19.1. The summed E-state index contributed by atoms with van der Waals surface area (Å²) in [4.78, 5) is 8.01. The topological polar surface area (TPSA) is 75.9 Å². The summed E-state index contributed by atoms with van der Waals surface area (Å²) in [6.45, 7) is 0. The van der Waals surface area contributed by atoms with E-state index in [0.717, 1.165) is 12.1 Å². The second-order valence-electron chi connectivity index (χ2n) is 5.41. The minimum atomic E-state index is -4.45. The van der Waals surface area contributed by atoms with Gasteiger partial charge in [-0.25, -0.2) is 9.97 Å². The summed E-state index contributed by atoms with van der Waals surface area (Å²) in [6, 6.07) is 9.68. The summed E-state index contributed by atoms with van der Waals surface area (Å²) in [6.07, 6.45) is -3.24. The molecule has 4 N–H and O–H groups in total. The molecule has 0 atom stereocenters. The van der Waals surface area contributed by atoms with Gasteiger partial charge in [0.15, 0.2) is 11.6 Å². The van der Waals surface area contributed by atoms with E-state index in [2.05, 4.69) is 20.6 Å². The molecular formula is C17H12Cl2F3N5. The molecule has 5 nitrogen and oxygen atoms in total. The van der Waals surface area contributed by atoms with Crippen molar-refractivity contribution in [2.45, 2.75) is 6.18 Å². The Hall–Kier alpha value is -2.71. The van der Waals surface area contributed by atoms with Crippen molar-refractivity contribution in [3.05, 3.63) is 64.4 Å². The van der Waals surface area contributed by atoms with E-state index >= 15 is 0 Å². The van der Waals surface area contributed by atoms with E-state index in [4.69, 9.17) is 28.9 Å². The third-order valence-electron chi connectivity index (χ3n) is 3.54. The lowest BCUT2D eigenvalue weighted by atomic mass is 10.2. The lowest BCUT2D eigenvalue weighted by molar-refractivity contribution is -0.137. The maximum Gasteiger partial charge on any atom is 0.416 e. The van der Waals surface area contributed by atoms with Crippen molar-refractivity contribution < 1.29 is 13.2 Å². The number of anilines is 5. The Bertz CT molecular complexity index is 979. The molecule has 0 aliphatic rings. The monoisotopic (exact) mass is 413 g/mol. The molecule has 1 heterocycles. The zero-order valence-corrected chi connectivity index (χ0v) is 15.0. The summed E-state index contributed by atoms with van der Waals surface area (Å²) < 4.78 is 38.6. The number of hydrogen-bond acceptors (Lipinski definition) is 5. The molecule has 1 aromatic heterocycles. The van der Waals surface area contributed by atoms with Crippen molar-refractivity contribution in [3.63, 3.8) is 0 Å². The molecule has 2 aromatic carbocycles. The predicted molar refractivity (Wildman–Crippen MR) is 101 cm³/mol. The first-order valence-corrected chi connectivity index (χ1v) is 8.27. The fourth-order valence-corrected chi connectivity index (χ4v) is 2.58. The highest BCUT2D eigenvalue weighted by Gasteiger charge is 2.30. The lowest BCUT2D eigenvalue weighted by Crippen LogP contribution is -2.07. The SMILES string of the molecule is Nc1c(Nc2cccc(C(F)(F)F)c2)ncnc1Nc1cccc(Cl)c1Cl. The molecule has 140 valence electrons. The Morgan fingerprint density at radius 3 is 2.30 bits per heavy atom. The molecule has 3 aromatic rings. The number of nitrogens with zero attached hydrogens (tertiary/aromatic N) is 2. The quantitative estimate of drug-likeness (QED) is 0.498. The number of halogens is 5. The van der Waals surface area contributed by atoms with Gasteiger partial charge in [-0.05, 0) is 30.3 Å². The van der Waals surface area contributed by atoms with Gasteiger partial charge in [-0.1, -0.05) is 35.3 Å². The van der Waals surface area contributed by atoms with Gasteiger partial charge in [-0.2, -0.15) is 13.2 Å². The van der Waals surface area contributed by atoms with Crippen molar-refractivity contribution in [1.29, 1.82) is 0 Å². The number of nitrogens with two attached hydrogens (primary N) is 1. The van der Waals surface area contributed by atoms with E-state index in [1.54, 1.807) is 18.2 Å². The fraction of sp³-hybridized carbons (Fsp3) is 0.0588. The minimum absolute atomic E-state index is 0.103. The van der Waals surface area contributed by atoms with Crippen LogP contribution in [0, 0.1) is 0 Å². The predicted octanol–water partition coefficient (Wildman–Crippen LogP) is 5.87. The van der Waals surface area contributed by atoms with Crippen LogP contribution in [-0.4, -0.2) is 9.97 Å². The molecule has 0 radical (unpaired) electrons. The minimum Gasteiger partial charge on any atom is -0.393 e. The molecule has 27 heavy (non-hydrogen) atoms. The van der Waals surface area contributed by atoms with Crippen molar-refractivity contribution in [1.82, 2.24) is 9.97 Å². The van der Waals surface area contributed by atoms with Gasteiger partial charge < -0.3 is 16.4 Å². The molecule has 0 saturated heterocycles. The van der Waals surface area contributed by atoms with Crippen LogP contribution in [-0.2, 0) is 6.18 Å². The van der Waals surface area contributed by atoms with E-state index in [0.29, 0.717) is 10.7 Å². The van der Waals surface area contributed by atoms with Gasteiger partial charge in [0.2, 0.25) is 0 Å². The highest BCUT2D eigenvalue weighted by atomic mass is 35.5. The highest BCUT2D eigenvalue weighted by Crippen LogP contribution is 2.35. The Labute approximate surface area is 162 Å². The van der Waals surface area contributed by atoms with Gasteiger partial charge in [0.05, 0.1) is 21.3 Å². The maximum atomic E-state index is 12.9. The van der Waals surface area contributed by atoms with E-state index in [-0.39, 0.29) is 28.0 Å². The van der Waals surface area contributed by atoms with Crippen molar-refractivity contribution in [3.8, 4) is 0 Å². The van der Waals surface area contributed by atoms with Gasteiger partial charge >= 0.3 is 6.18 Å². The van der Waals surface area contributed by atoms with Crippen LogP contribution in [0.4, 0.5) is 41.9 Å². The molecule has 0 fully saturated rings. The van der Waals surface area contributed by atoms with Crippen molar-refractivity contribution >= 4 is 51.9 Å². The van der Waals surface area contributed by atoms with Gasteiger partial charge in [-0.15, -0.1) is 0 Å². The Kier molecular flexibility index (Phi) is 5.29. The second-order valence-corrected chi connectivity index (χ2v) is 6.20. The smallest absolute Gasteiger partial charge is 0.393 e. The Morgan fingerprint density at radius 2 is 1.59 bits per heavy atom. The third-order valence-corrected chi connectivity index (χ3v) is 4.36. The number of benzene rings is 2. The highest BCUT2D eigenvalue weighted by molar-refractivity contribution is 6.43. The van der Waals surface area contributed by atoms with E-state index in [1.165, 1.54) is 18.5 Å². The Balaban J connectivity index is 1.88. The average Bonchev–Trinajstić information content (AvgIpc) is 2.62. The lowest BCUT2D eigenvalue weighted by Gasteiger charge is -2.14. The molecule has 0 spiro atoms. The number of alkyl halides is 3. The molecular weight excluding hydrogens is 402 g/mol. The summed E-state index contributed by atoms with van der Waals surface area (Å²) in [5.74, 6) is 0.369. The van der Waals surface area contributed by atoms with Crippen LogP contribution >= 0.6 is 23.2 Å². The van der Waals surface area contributed by atoms with Crippen LogP contribution in [0.2, 0.25) is 10.0 Å². The van der Waals surface area contributed by atoms with Gasteiger partial charge in [0, 0.05) is 5.69 Å². The molecule has 0 unspecified atom stereocenters. The number of hydrogen-bond donors (Lipinski definition) is 3. The van der Waals surface area contributed by atoms with Crippen LogP contribution in [0.15, 0.2) is 48.8 Å². The van der Waals surface area contributed by atoms with Crippen LogP contribution in [0.25, 0.3) is 0 Å². The fourth-order valence-electron chi connectivity index (χ4n) is 2.23. The summed E-state index contributed by atoms with van der Waals surface area (Å²) in [5, 5.41) is 6.32. The summed E-state index contributed by atoms with van der Waals surface area (Å²) in [5.41, 5.74) is 6.01. The first-order valence-electron chi connectivity index (χ1n) is 7.51. The number of rotatable bonds is 4. The molecule has 3 rings (SSSR count).